The van der Waals surface area contributed by atoms with Crippen molar-refractivity contribution in [3.05, 3.63) is 88.1 Å². The molecule has 0 aliphatic rings. The lowest BCUT2D eigenvalue weighted by Crippen LogP contribution is -2.33. The minimum atomic E-state index is -0.731. The van der Waals surface area contributed by atoms with Gasteiger partial charge in [0.25, 0.3) is 0 Å². The summed E-state index contributed by atoms with van der Waals surface area (Å²) in [5.41, 5.74) is 1.05. The smallest absolute Gasteiger partial charge is 0.240 e. The number of rotatable bonds is 6. The Bertz CT molecular complexity index is 838. The molecule has 0 aliphatic carbocycles. The van der Waals surface area contributed by atoms with E-state index in [0.717, 1.165) is 22.6 Å². The summed E-state index contributed by atoms with van der Waals surface area (Å²) in [7, 11) is 0. The van der Waals surface area contributed by atoms with Crippen LogP contribution in [0.1, 0.15) is 16.5 Å². The molecular formula is C19H16F2N2OS. The number of benzene rings is 2. The zero-order valence-corrected chi connectivity index (χ0v) is 14.0. The average molecular weight is 358 g/mol. The third-order valence-corrected chi connectivity index (χ3v) is 4.57. The van der Waals surface area contributed by atoms with Crippen molar-refractivity contribution in [2.45, 2.75) is 6.04 Å². The number of hydrogen-bond donors (Lipinski definition) is 2. The van der Waals surface area contributed by atoms with Gasteiger partial charge in [0.05, 0.1) is 18.3 Å². The molecule has 25 heavy (non-hydrogen) atoms. The molecule has 0 bridgehead atoms. The summed E-state index contributed by atoms with van der Waals surface area (Å²) in [4.78, 5) is 13.3. The zero-order valence-electron chi connectivity index (χ0n) is 13.2. The van der Waals surface area contributed by atoms with Crippen molar-refractivity contribution >= 4 is 22.9 Å². The van der Waals surface area contributed by atoms with Crippen LogP contribution in [0, 0.1) is 11.6 Å². The molecule has 3 nitrogen and oxygen atoms in total. The summed E-state index contributed by atoms with van der Waals surface area (Å²) in [5, 5.41) is 7.59. The van der Waals surface area contributed by atoms with Gasteiger partial charge in [-0.05, 0) is 29.1 Å². The highest BCUT2D eigenvalue weighted by Gasteiger charge is 2.17. The van der Waals surface area contributed by atoms with Crippen molar-refractivity contribution in [1.82, 2.24) is 5.32 Å². The maximum Gasteiger partial charge on any atom is 0.240 e. The molecule has 0 aliphatic heterocycles. The summed E-state index contributed by atoms with van der Waals surface area (Å²) in [5.74, 6) is -1.68. The Hall–Kier alpha value is -2.73. The highest BCUT2D eigenvalue weighted by atomic mass is 32.1. The van der Waals surface area contributed by atoms with Crippen molar-refractivity contribution in [2.75, 3.05) is 11.9 Å². The molecule has 1 unspecified atom stereocenters. The monoisotopic (exact) mass is 358 g/mol. The van der Waals surface area contributed by atoms with Crippen molar-refractivity contribution in [1.29, 1.82) is 0 Å². The van der Waals surface area contributed by atoms with E-state index in [0.29, 0.717) is 0 Å². The van der Waals surface area contributed by atoms with Crippen LogP contribution < -0.4 is 10.6 Å². The Morgan fingerprint density at radius 2 is 1.84 bits per heavy atom. The fraction of sp³-hybridized carbons (Fsp3) is 0.105. The predicted molar refractivity (Wildman–Crippen MR) is 95.6 cm³/mol. The second-order valence-corrected chi connectivity index (χ2v) is 6.38. The molecule has 1 atom stereocenters. The lowest BCUT2D eigenvalue weighted by Gasteiger charge is -2.18. The predicted octanol–water partition coefficient (Wildman–Crippen LogP) is 4.34. The molecule has 0 saturated carbocycles. The molecule has 128 valence electrons. The fourth-order valence-electron chi connectivity index (χ4n) is 2.44. The van der Waals surface area contributed by atoms with Crippen LogP contribution >= 0.6 is 11.3 Å². The van der Waals surface area contributed by atoms with E-state index in [4.69, 9.17) is 0 Å². The van der Waals surface area contributed by atoms with Crippen molar-refractivity contribution in [3.8, 4) is 0 Å². The number of nitrogens with one attached hydrogen (secondary N) is 2. The quantitative estimate of drug-likeness (QED) is 0.688. The summed E-state index contributed by atoms with van der Waals surface area (Å²) in [6.45, 7) is -0.114. The van der Waals surface area contributed by atoms with Gasteiger partial charge in [0.1, 0.15) is 11.6 Å². The van der Waals surface area contributed by atoms with E-state index in [2.05, 4.69) is 10.6 Å². The van der Waals surface area contributed by atoms with E-state index in [1.807, 2.05) is 47.8 Å². The van der Waals surface area contributed by atoms with Gasteiger partial charge in [-0.3, -0.25) is 4.79 Å². The van der Waals surface area contributed by atoms with Crippen molar-refractivity contribution < 1.29 is 13.6 Å². The third kappa shape index (κ3) is 4.42. The molecule has 3 rings (SSSR count). The molecule has 2 aromatic carbocycles. The molecule has 1 amide bonds. The molecule has 0 fully saturated rings. The lowest BCUT2D eigenvalue weighted by molar-refractivity contribution is -0.119. The number of thiophene rings is 1. The van der Waals surface area contributed by atoms with E-state index >= 15 is 0 Å². The number of hydrogen-bond acceptors (Lipinski definition) is 3. The maximum atomic E-state index is 13.6. The van der Waals surface area contributed by atoms with Gasteiger partial charge in [-0.2, -0.15) is 0 Å². The van der Waals surface area contributed by atoms with Crippen LogP contribution in [0.3, 0.4) is 0 Å². The standard InChI is InChI=1S/C19H16F2N2OS/c20-14-8-9-16(15(21)11-14)22-12-18(24)23-19(17-7-4-10-25-17)13-5-2-1-3-6-13/h1-11,19,22H,12H2,(H,23,24). The summed E-state index contributed by atoms with van der Waals surface area (Å²) in [6, 6.07) is 16.4. The Morgan fingerprint density at radius 1 is 1.04 bits per heavy atom. The SMILES string of the molecule is O=C(CNc1ccc(F)cc1F)NC(c1ccccc1)c1cccs1. The van der Waals surface area contributed by atoms with Gasteiger partial charge in [0.2, 0.25) is 5.91 Å². The van der Waals surface area contributed by atoms with E-state index in [9.17, 15) is 13.6 Å². The highest BCUT2D eigenvalue weighted by Crippen LogP contribution is 2.25. The molecule has 2 N–H and O–H groups in total. The summed E-state index contributed by atoms with van der Waals surface area (Å²) in [6.07, 6.45) is 0. The maximum absolute atomic E-state index is 13.6. The molecular weight excluding hydrogens is 342 g/mol. The largest absolute Gasteiger partial charge is 0.374 e. The number of halogens is 2. The van der Waals surface area contributed by atoms with Crippen LogP contribution in [0.5, 0.6) is 0 Å². The first-order valence-corrected chi connectivity index (χ1v) is 8.58. The first-order chi connectivity index (χ1) is 12.1. The minimum Gasteiger partial charge on any atom is -0.374 e. The Kier molecular flexibility index (Phi) is 5.40. The molecule has 0 radical (unpaired) electrons. The molecule has 1 heterocycles. The van der Waals surface area contributed by atoms with E-state index < -0.39 is 11.6 Å². The van der Waals surface area contributed by atoms with Crippen LogP contribution in [-0.2, 0) is 4.79 Å². The van der Waals surface area contributed by atoms with Crippen molar-refractivity contribution in [2.24, 2.45) is 0 Å². The molecule has 0 spiro atoms. The van der Waals surface area contributed by atoms with E-state index in [-0.39, 0.29) is 24.2 Å². The molecule has 3 aromatic rings. The topological polar surface area (TPSA) is 41.1 Å². The molecule has 1 aromatic heterocycles. The number of amides is 1. The van der Waals surface area contributed by atoms with Crippen LogP contribution in [-0.4, -0.2) is 12.5 Å². The van der Waals surface area contributed by atoms with Gasteiger partial charge in [-0.1, -0.05) is 36.4 Å². The lowest BCUT2D eigenvalue weighted by atomic mass is 10.1. The summed E-state index contributed by atoms with van der Waals surface area (Å²) < 4.78 is 26.5. The van der Waals surface area contributed by atoms with Gasteiger partial charge in [0.15, 0.2) is 0 Å². The van der Waals surface area contributed by atoms with E-state index in [1.54, 1.807) is 11.3 Å². The summed E-state index contributed by atoms with van der Waals surface area (Å²) >= 11 is 1.55. The second kappa shape index (κ2) is 7.90. The van der Waals surface area contributed by atoms with Crippen LogP contribution in [0.15, 0.2) is 66.0 Å². The molecule has 0 saturated heterocycles. The third-order valence-electron chi connectivity index (χ3n) is 3.64. The minimum absolute atomic E-state index is 0.0870. The number of anilines is 1. The van der Waals surface area contributed by atoms with Gasteiger partial charge in [-0.15, -0.1) is 11.3 Å². The highest BCUT2D eigenvalue weighted by molar-refractivity contribution is 7.10. The number of carbonyl (C=O) groups excluding carboxylic acids is 1. The zero-order chi connectivity index (χ0) is 17.6. The van der Waals surface area contributed by atoms with Crippen LogP contribution in [0.25, 0.3) is 0 Å². The average Bonchev–Trinajstić information content (AvgIpc) is 3.14. The number of carbonyl (C=O) groups is 1. The first kappa shape index (κ1) is 17.1. The fourth-order valence-corrected chi connectivity index (χ4v) is 3.24. The Balaban J connectivity index is 1.68. The first-order valence-electron chi connectivity index (χ1n) is 7.70. The van der Waals surface area contributed by atoms with Crippen LogP contribution in [0.4, 0.5) is 14.5 Å². The molecule has 6 heteroatoms. The Labute approximate surface area is 148 Å². The van der Waals surface area contributed by atoms with Crippen molar-refractivity contribution in [3.63, 3.8) is 0 Å². The second-order valence-electron chi connectivity index (χ2n) is 5.40. The van der Waals surface area contributed by atoms with Gasteiger partial charge >= 0.3 is 0 Å². The van der Waals surface area contributed by atoms with Gasteiger partial charge in [0, 0.05) is 10.9 Å². The van der Waals surface area contributed by atoms with Gasteiger partial charge in [-0.25, -0.2) is 8.78 Å². The van der Waals surface area contributed by atoms with Crippen LogP contribution in [0.2, 0.25) is 0 Å². The normalized spacial score (nSPS) is 11.8. The van der Waals surface area contributed by atoms with Gasteiger partial charge < -0.3 is 10.6 Å². The Morgan fingerprint density at radius 3 is 2.52 bits per heavy atom. The van der Waals surface area contributed by atoms with E-state index in [1.165, 1.54) is 6.07 Å².